The summed E-state index contributed by atoms with van der Waals surface area (Å²) in [5.41, 5.74) is 9.65. The Morgan fingerprint density at radius 1 is 1.19 bits per heavy atom. The minimum atomic E-state index is -0.103. The molecule has 118 valence electrons. The highest BCUT2D eigenvalue weighted by atomic mass is 14.8. The zero-order valence-electron chi connectivity index (χ0n) is 14.6. The van der Waals surface area contributed by atoms with Crippen LogP contribution in [0.5, 0.6) is 0 Å². The molecule has 2 N–H and O–H groups in total. The van der Waals surface area contributed by atoms with Crippen LogP contribution in [0, 0.1) is 11.8 Å². The van der Waals surface area contributed by atoms with E-state index in [-0.39, 0.29) is 11.0 Å². The molecule has 1 nitrogen and oxygen atoms in total. The lowest BCUT2D eigenvalue weighted by atomic mass is 9.70. The van der Waals surface area contributed by atoms with E-state index in [9.17, 15) is 0 Å². The Morgan fingerprint density at radius 2 is 1.81 bits per heavy atom. The first kappa shape index (κ1) is 16.5. The smallest absolute Gasteiger partial charge is 0.0412 e. The van der Waals surface area contributed by atoms with Crippen LogP contribution in [-0.2, 0) is 11.0 Å². The van der Waals surface area contributed by atoms with E-state index in [0.717, 1.165) is 24.7 Å². The van der Waals surface area contributed by atoms with E-state index in [1.54, 1.807) is 0 Å². The Bertz CT molecular complexity index is 452. The molecule has 2 atom stereocenters. The maximum Gasteiger partial charge on any atom is 0.0412 e. The standard InChI is InChI=1S/C20H33N/c1-15(2)13-16-7-6-12-20(21,14-16)18-10-8-17(9-11-18)19(3,4)5/h8-11,15-16H,6-7,12-14,21H2,1-5H3. The van der Waals surface area contributed by atoms with E-state index in [1.807, 2.05) is 0 Å². The molecular formula is C20H33N. The summed E-state index contributed by atoms with van der Waals surface area (Å²) in [5, 5.41) is 0. The van der Waals surface area contributed by atoms with Gasteiger partial charge in [0.15, 0.2) is 0 Å². The van der Waals surface area contributed by atoms with E-state index in [4.69, 9.17) is 5.73 Å². The van der Waals surface area contributed by atoms with Crippen molar-refractivity contribution < 1.29 is 0 Å². The second-order valence-electron chi connectivity index (χ2n) is 8.58. The van der Waals surface area contributed by atoms with E-state index in [1.165, 1.54) is 30.4 Å². The third-order valence-corrected chi connectivity index (χ3v) is 5.02. The summed E-state index contributed by atoms with van der Waals surface area (Å²) in [6.07, 6.45) is 6.24. The Labute approximate surface area is 131 Å². The van der Waals surface area contributed by atoms with E-state index >= 15 is 0 Å². The first-order chi connectivity index (χ1) is 9.71. The third kappa shape index (κ3) is 4.10. The molecule has 21 heavy (non-hydrogen) atoms. The van der Waals surface area contributed by atoms with E-state index in [2.05, 4.69) is 58.9 Å². The number of benzene rings is 1. The second kappa shape index (κ2) is 6.12. The molecule has 0 heterocycles. The number of hydrogen-bond donors (Lipinski definition) is 1. The van der Waals surface area contributed by atoms with Gasteiger partial charge in [-0.15, -0.1) is 0 Å². The first-order valence-electron chi connectivity index (χ1n) is 8.60. The van der Waals surface area contributed by atoms with Gasteiger partial charge >= 0.3 is 0 Å². The molecule has 1 aliphatic carbocycles. The molecule has 1 fully saturated rings. The largest absolute Gasteiger partial charge is 0.321 e. The molecule has 2 rings (SSSR count). The molecule has 1 aliphatic rings. The SMILES string of the molecule is CC(C)CC1CCCC(N)(c2ccc(C(C)(C)C)cc2)C1. The van der Waals surface area contributed by atoms with Gasteiger partial charge in [-0.2, -0.15) is 0 Å². The van der Waals surface area contributed by atoms with Gasteiger partial charge in [-0.05, 0) is 47.6 Å². The highest BCUT2D eigenvalue weighted by molar-refractivity contribution is 5.32. The van der Waals surface area contributed by atoms with Crippen LogP contribution < -0.4 is 5.73 Å². The molecule has 0 amide bonds. The van der Waals surface area contributed by atoms with Crippen LogP contribution in [0.3, 0.4) is 0 Å². The van der Waals surface area contributed by atoms with Gasteiger partial charge in [0.25, 0.3) is 0 Å². The lowest BCUT2D eigenvalue weighted by molar-refractivity contribution is 0.202. The van der Waals surface area contributed by atoms with Gasteiger partial charge in [-0.25, -0.2) is 0 Å². The minimum Gasteiger partial charge on any atom is -0.321 e. The maximum atomic E-state index is 6.81. The fourth-order valence-electron chi connectivity index (χ4n) is 3.86. The average Bonchev–Trinajstić information content (AvgIpc) is 2.37. The lowest BCUT2D eigenvalue weighted by Crippen LogP contribution is -2.41. The Morgan fingerprint density at radius 3 is 2.33 bits per heavy atom. The fourth-order valence-corrected chi connectivity index (χ4v) is 3.86. The summed E-state index contributed by atoms with van der Waals surface area (Å²) in [4.78, 5) is 0. The predicted molar refractivity (Wildman–Crippen MR) is 92.4 cm³/mol. The molecule has 0 aliphatic heterocycles. The van der Waals surface area contributed by atoms with E-state index < -0.39 is 0 Å². The molecule has 0 aromatic heterocycles. The van der Waals surface area contributed by atoms with Gasteiger partial charge in [0.1, 0.15) is 0 Å². The lowest BCUT2D eigenvalue weighted by Gasteiger charge is -2.39. The molecule has 0 radical (unpaired) electrons. The van der Waals surface area contributed by atoms with Crippen molar-refractivity contribution in [3.8, 4) is 0 Å². The van der Waals surface area contributed by atoms with Crippen LogP contribution in [0.25, 0.3) is 0 Å². The Hall–Kier alpha value is -0.820. The number of hydrogen-bond acceptors (Lipinski definition) is 1. The van der Waals surface area contributed by atoms with Gasteiger partial charge in [0.05, 0.1) is 0 Å². The summed E-state index contributed by atoms with van der Waals surface area (Å²) < 4.78 is 0. The highest BCUT2D eigenvalue weighted by Crippen LogP contribution is 2.40. The van der Waals surface area contributed by atoms with Crippen LogP contribution in [0.2, 0.25) is 0 Å². The van der Waals surface area contributed by atoms with Crippen molar-refractivity contribution in [1.82, 2.24) is 0 Å². The van der Waals surface area contributed by atoms with Crippen LogP contribution in [0.4, 0.5) is 0 Å². The molecule has 1 saturated carbocycles. The molecule has 0 spiro atoms. The summed E-state index contributed by atoms with van der Waals surface area (Å²) in [6, 6.07) is 9.10. The molecule has 1 heteroatoms. The van der Waals surface area contributed by atoms with Crippen molar-refractivity contribution in [3.63, 3.8) is 0 Å². The summed E-state index contributed by atoms with van der Waals surface area (Å²) in [7, 11) is 0. The summed E-state index contributed by atoms with van der Waals surface area (Å²) >= 11 is 0. The number of nitrogens with two attached hydrogens (primary N) is 1. The van der Waals surface area contributed by atoms with Gasteiger partial charge in [-0.3, -0.25) is 0 Å². The van der Waals surface area contributed by atoms with Crippen LogP contribution in [-0.4, -0.2) is 0 Å². The minimum absolute atomic E-state index is 0.103. The molecule has 2 unspecified atom stereocenters. The van der Waals surface area contributed by atoms with Crippen molar-refractivity contribution in [1.29, 1.82) is 0 Å². The second-order valence-corrected chi connectivity index (χ2v) is 8.58. The predicted octanol–water partition coefficient (Wildman–Crippen LogP) is 5.37. The van der Waals surface area contributed by atoms with Gasteiger partial charge in [0, 0.05) is 5.54 Å². The van der Waals surface area contributed by atoms with Gasteiger partial charge in [-0.1, -0.05) is 71.7 Å². The van der Waals surface area contributed by atoms with Crippen molar-refractivity contribution in [3.05, 3.63) is 35.4 Å². The topological polar surface area (TPSA) is 26.0 Å². The van der Waals surface area contributed by atoms with E-state index in [0.29, 0.717) is 0 Å². The average molecular weight is 287 g/mol. The first-order valence-corrected chi connectivity index (χ1v) is 8.60. The van der Waals surface area contributed by atoms with Crippen molar-refractivity contribution in [2.45, 2.75) is 77.7 Å². The zero-order valence-corrected chi connectivity index (χ0v) is 14.6. The quantitative estimate of drug-likeness (QED) is 0.794. The molecule has 0 bridgehead atoms. The summed E-state index contributed by atoms with van der Waals surface area (Å²) in [6.45, 7) is 11.4. The van der Waals surface area contributed by atoms with Gasteiger partial charge in [0.2, 0.25) is 0 Å². The van der Waals surface area contributed by atoms with Crippen LogP contribution >= 0.6 is 0 Å². The van der Waals surface area contributed by atoms with Crippen LogP contribution in [0.1, 0.15) is 77.8 Å². The fraction of sp³-hybridized carbons (Fsp3) is 0.700. The van der Waals surface area contributed by atoms with Crippen LogP contribution in [0.15, 0.2) is 24.3 Å². The highest BCUT2D eigenvalue weighted by Gasteiger charge is 2.34. The molecule has 1 aromatic rings. The van der Waals surface area contributed by atoms with Crippen molar-refractivity contribution in [2.75, 3.05) is 0 Å². The van der Waals surface area contributed by atoms with Crippen molar-refractivity contribution >= 4 is 0 Å². The monoisotopic (exact) mass is 287 g/mol. The van der Waals surface area contributed by atoms with Gasteiger partial charge < -0.3 is 5.73 Å². The Balaban J connectivity index is 2.15. The summed E-state index contributed by atoms with van der Waals surface area (Å²) in [5.74, 6) is 1.58. The zero-order chi connectivity index (χ0) is 15.7. The maximum absolute atomic E-state index is 6.81. The van der Waals surface area contributed by atoms with Crippen molar-refractivity contribution in [2.24, 2.45) is 17.6 Å². The third-order valence-electron chi connectivity index (χ3n) is 5.02. The molecular weight excluding hydrogens is 254 g/mol. The molecule has 1 aromatic carbocycles. The number of rotatable bonds is 3. The Kier molecular flexibility index (Phi) is 4.82. The normalized spacial score (nSPS) is 27.1. The molecule has 0 saturated heterocycles.